The SMILES string of the molecule is CC(C)CCC(NC(=O)c1ccc[n+]([O-])c1)c1ccc(Cl)cc1. The molecule has 122 valence electrons. The van der Waals surface area contributed by atoms with Crippen molar-refractivity contribution >= 4 is 17.5 Å². The molecular weight excluding hydrogens is 312 g/mol. The maximum absolute atomic E-state index is 12.4. The van der Waals surface area contributed by atoms with Crippen molar-refractivity contribution in [3.63, 3.8) is 0 Å². The molecule has 0 bridgehead atoms. The van der Waals surface area contributed by atoms with E-state index in [-0.39, 0.29) is 11.9 Å². The lowest BCUT2D eigenvalue weighted by Gasteiger charge is -2.20. The van der Waals surface area contributed by atoms with Crippen molar-refractivity contribution in [3.8, 4) is 0 Å². The van der Waals surface area contributed by atoms with Gasteiger partial charge in [0.25, 0.3) is 5.91 Å². The number of hydrogen-bond donors (Lipinski definition) is 1. The zero-order valence-corrected chi connectivity index (χ0v) is 14.1. The number of aromatic nitrogens is 1. The van der Waals surface area contributed by atoms with E-state index in [0.29, 0.717) is 21.2 Å². The summed E-state index contributed by atoms with van der Waals surface area (Å²) in [7, 11) is 0. The Kier molecular flexibility index (Phi) is 5.99. The molecule has 1 heterocycles. The van der Waals surface area contributed by atoms with Gasteiger partial charge in [-0.2, -0.15) is 4.73 Å². The quantitative estimate of drug-likeness (QED) is 0.644. The number of nitrogens with zero attached hydrogens (tertiary/aromatic N) is 1. The average Bonchev–Trinajstić information content (AvgIpc) is 2.52. The average molecular weight is 333 g/mol. The van der Waals surface area contributed by atoms with Gasteiger partial charge in [-0.1, -0.05) is 37.6 Å². The topological polar surface area (TPSA) is 56.0 Å². The zero-order valence-electron chi connectivity index (χ0n) is 13.3. The lowest BCUT2D eigenvalue weighted by molar-refractivity contribution is -0.605. The zero-order chi connectivity index (χ0) is 16.8. The molecule has 1 atom stereocenters. The summed E-state index contributed by atoms with van der Waals surface area (Å²) in [6, 6.07) is 10.6. The molecular formula is C18H21ClN2O2. The van der Waals surface area contributed by atoms with E-state index < -0.39 is 0 Å². The normalized spacial score (nSPS) is 12.2. The summed E-state index contributed by atoms with van der Waals surface area (Å²) < 4.78 is 0.625. The third-order valence-electron chi connectivity index (χ3n) is 3.65. The lowest BCUT2D eigenvalue weighted by atomic mass is 9.97. The Hall–Kier alpha value is -2.07. The van der Waals surface area contributed by atoms with E-state index in [4.69, 9.17) is 11.6 Å². The summed E-state index contributed by atoms with van der Waals surface area (Å²) in [6.07, 6.45) is 4.45. The Morgan fingerprint density at radius 1 is 1.22 bits per heavy atom. The molecule has 0 aliphatic rings. The van der Waals surface area contributed by atoms with Gasteiger partial charge in [0.15, 0.2) is 12.4 Å². The van der Waals surface area contributed by atoms with Crippen LogP contribution in [0.2, 0.25) is 5.02 Å². The second-order valence-corrected chi connectivity index (χ2v) is 6.44. The third kappa shape index (κ3) is 5.25. The summed E-state index contributed by atoms with van der Waals surface area (Å²) in [5, 5.41) is 15.0. The number of hydrogen-bond acceptors (Lipinski definition) is 2. The van der Waals surface area contributed by atoms with E-state index >= 15 is 0 Å². The number of carbonyl (C=O) groups excluding carboxylic acids is 1. The molecule has 0 saturated heterocycles. The highest BCUT2D eigenvalue weighted by Crippen LogP contribution is 2.23. The first kappa shape index (κ1) is 17.3. The molecule has 1 aromatic carbocycles. The number of nitrogens with one attached hydrogen (secondary N) is 1. The van der Waals surface area contributed by atoms with Crippen LogP contribution in [0, 0.1) is 11.1 Å². The van der Waals surface area contributed by atoms with Crippen LogP contribution in [0.15, 0.2) is 48.8 Å². The molecule has 2 aromatic rings. The molecule has 0 saturated carbocycles. The van der Waals surface area contributed by atoms with Gasteiger partial charge >= 0.3 is 0 Å². The van der Waals surface area contributed by atoms with Gasteiger partial charge in [-0.05, 0) is 42.5 Å². The highest BCUT2D eigenvalue weighted by Gasteiger charge is 2.17. The van der Waals surface area contributed by atoms with Crippen molar-refractivity contribution in [2.24, 2.45) is 5.92 Å². The van der Waals surface area contributed by atoms with E-state index in [1.165, 1.54) is 12.4 Å². The first-order valence-corrected chi connectivity index (χ1v) is 8.08. The molecule has 1 N–H and O–H groups in total. The van der Waals surface area contributed by atoms with Crippen LogP contribution in [-0.4, -0.2) is 5.91 Å². The molecule has 0 spiro atoms. The summed E-state index contributed by atoms with van der Waals surface area (Å²) in [4.78, 5) is 12.4. The van der Waals surface area contributed by atoms with E-state index in [1.54, 1.807) is 12.1 Å². The molecule has 1 aromatic heterocycles. The van der Waals surface area contributed by atoms with Gasteiger partial charge in [-0.3, -0.25) is 4.79 Å². The number of benzene rings is 1. The second kappa shape index (κ2) is 7.97. The Morgan fingerprint density at radius 3 is 2.52 bits per heavy atom. The van der Waals surface area contributed by atoms with Crippen LogP contribution in [0.5, 0.6) is 0 Å². The standard InChI is InChI=1S/C18H21ClN2O2/c1-13(2)5-10-17(14-6-8-16(19)9-7-14)20-18(22)15-4-3-11-21(23)12-15/h3-4,6-9,11-13,17H,5,10H2,1-2H3,(H,20,22). The maximum Gasteiger partial charge on any atom is 0.257 e. The van der Waals surface area contributed by atoms with E-state index in [2.05, 4.69) is 19.2 Å². The largest absolute Gasteiger partial charge is 0.619 e. The van der Waals surface area contributed by atoms with Crippen molar-refractivity contribution < 1.29 is 9.52 Å². The Bertz CT molecular complexity index is 656. The number of amides is 1. The predicted molar refractivity (Wildman–Crippen MR) is 91.1 cm³/mol. The highest BCUT2D eigenvalue weighted by molar-refractivity contribution is 6.30. The Labute approximate surface area is 141 Å². The van der Waals surface area contributed by atoms with Crippen molar-refractivity contribution in [2.75, 3.05) is 0 Å². The van der Waals surface area contributed by atoms with Crippen LogP contribution in [0.25, 0.3) is 0 Å². The minimum Gasteiger partial charge on any atom is -0.619 e. The minimum atomic E-state index is -0.251. The van der Waals surface area contributed by atoms with Crippen molar-refractivity contribution in [2.45, 2.75) is 32.7 Å². The first-order valence-electron chi connectivity index (χ1n) is 7.71. The lowest BCUT2D eigenvalue weighted by Crippen LogP contribution is -2.32. The second-order valence-electron chi connectivity index (χ2n) is 6.00. The summed E-state index contributed by atoms with van der Waals surface area (Å²) in [6.45, 7) is 4.30. The third-order valence-corrected chi connectivity index (χ3v) is 3.90. The molecule has 2 rings (SSSR count). The molecule has 1 amide bonds. The van der Waals surface area contributed by atoms with Crippen LogP contribution < -0.4 is 10.0 Å². The van der Waals surface area contributed by atoms with Crippen LogP contribution in [-0.2, 0) is 0 Å². The van der Waals surface area contributed by atoms with Gasteiger partial charge in [0.2, 0.25) is 0 Å². The molecule has 23 heavy (non-hydrogen) atoms. The number of carbonyl (C=O) groups is 1. The first-order chi connectivity index (χ1) is 11.0. The van der Waals surface area contributed by atoms with Crippen molar-refractivity contribution in [3.05, 3.63) is 70.1 Å². The smallest absolute Gasteiger partial charge is 0.257 e. The number of pyridine rings is 1. The molecule has 5 heteroatoms. The van der Waals surface area contributed by atoms with Gasteiger partial charge < -0.3 is 10.5 Å². The van der Waals surface area contributed by atoms with Crippen molar-refractivity contribution in [1.29, 1.82) is 0 Å². The fraction of sp³-hybridized carbons (Fsp3) is 0.333. The Morgan fingerprint density at radius 2 is 1.91 bits per heavy atom. The van der Waals surface area contributed by atoms with Gasteiger partial charge in [0, 0.05) is 11.1 Å². The maximum atomic E-state index is 12.4. The van der Waals surface area contributed by atoms with Crippen LogP contribution in [0.4, 0.5) is 0 Å². The van der Waals surface area contributed by atoms with Crippen LogP contribution >= 0.6 is 11.6 Å². The summed E-state index contributed by atoms with van der Waals surface area (Å²) >= 11 is 5.94. The molecule has 0 radical (unpaired) electrons. The van der Waals surface area contributed by atoms with Gasteiger partial charge in [0.05, 0.1) is 6.04 Å². The predicted octanol–water partition coefficient (Wildman–Crippen LogP) is 3.88. The molecule has 0 aliphatic carbocycles. The highest BCUT2D eigenvalue weighted by atomic mass is 35.5. The van der Waals surface area contributed by atoms with Crippen molar-refractivity contribution in [1.82, 2.24) is 5.32 Å². The van der Waals surface area contributed by atoms with Gasteiger partial charge in [-0.15, -0.1) is 0 Å². The van der Waals surface area contributed by atoms with Gasteiger partial charge in [-0.25, -0.2) is 0 Å². The molecule has 4 nitrogen and oxygen atoms in total. The minimum absolute atomic E-state index is 0.109. The van der Waals surface area contributed by atoms with E-state index in [1.807, 2.05) is 24.3 Å². The molecule has 0 fully saturated rings. The summed E-state index contributed by atoms with van der Waals surface area (Å²) in [5.41, 5.74) is 1.36. The van der Waals surface area contributed by atoms with E-state index in [9.17, 15) is 10.0 Å². The van der Waals surface area contributed by atoms with Gasteiger partial charge in [0.1, 0.15) is 5.56 Å². The monoisotopic (exact) mass is 332 g/mol. The fourth-order valence-corrected chi connectivity index (χ4v) is 2.47. The summed E-state index contributed by atoms with van der Waals surface area (Å²) in [5.74, 6) is 0.293. The van der Waals surface area contributed by atoms with Crippen LogP contribution in [0.3, 0.4) is 0 Å². The van der Waals surface area contributed by atoms with E-state index in [0.717, 1.165) is 18.4 Å². The number of rotatable bonds is 6. The molecule has 1 unspecified atom stereocenters. The van der Waals surface area contributed by atoms with Crippen LogP contribution in [0.1, 0.15) is 48.7 Å². The molecule has 0 aliphatic heterocycles. The number of halogens is 1. The fourth-order valence-electron chi connectivity index (χ4n) is 2.35. The Balaban J connectivity index is 2.16.